The molecule has 1 radical (unpaired) electrons. The molecular formula is C4H8NO2. The van der Waals surface area contributed by atoms with Crippen molar-refractivity contribution in [3.8, 4) is 0 Å². The van der Waals surface area contributed by atoms with Crippen molar-refractivity contribution in [3.63, 3.8) is 0 Å². The summed E-state index contributed by atoms with van der Waals surface area (Å²) in [5.41, 5.74) is 0. The van der Waals surface area contributed by atoms with Gasteiger partial charge in [-0.2, -0.15) is 0 Å². The first-order chi connectivity index (χ1) is 3.27. The van der Waals surface area contributed by atoms with E-state index >= 15 is 0 Å². The van der Waals surface area contributed by atoms with E-state index in [0.717, 1.165) is 0 Å². The lowest BCUT2D eigenvalue weighted by Gasteiger charge is -1.89. The van der Waals surface area contributed by atoms with Gasteiger partial charge in [0.2, 0.25) is 0 Å². The fourth-order valence-corrected chi connectivity index (χ4v) is 0.189. The van der Waals surface area contributed by atoms with Gasteiger partial charge in [-0.3, -0.25) is 4.79 Å². The van der Waals surface area contributed by atoms with E-state index in [1.54, 1.807) is 13.5 Å². The van der Waals surface area contributed by atoms with Crippen LogP contribution >= 0.6 is 0 Å². The average molecular weight is 102 g/mol. The van der Waals surface area contributed by atoms with E-state index in [0.29, 0.717) is 0 Å². The first kappa shape index (κ1) is 6.43. The van der Waals surface area contributed by atoms with Crippen molar-refractivity contribution in [2.75, 3.05) is 6.54 Å². The van der Waals surface area contributed by atoms with Crippen molar-refractivity contribution in [3.05, 3.63) is 6.54 Å². The fourth-order valence-electron chi connectivity index (χ4n) is 0.189. The molecule has 0 aromatic rings. The summed E-state index contributed by atoms with van der Waals surface area (Å²) in [6.45, 7) is 3.34. The second-order valence-corrected chi connectivity index (χ2v) is 1.06. The first-order valence-electron chi connectivity index (χ1n) is 2.00. The molecule has 0 aromatic heterocycles. The van der Waals surface area contributed by atoms with Gasteiger partial charge in [0.25, 0.3) is 0 Å². The SMILES string of the molecule is C[CH]NCC(=O)O. The predicted octanol–water partition coefficient (Wildman–Crippen LogP) is -0.158. The van der Waals surface area contributed by atoms with Gasteiger partial charge in [0, 0.05) is 6.54 Å². The molecule has 0 atom stereocenters. The zero-order chi connectivity index (χ0) is 5.70. The summed E-state index contributed by atoms with van der Waals surface area (Å²) in [6.07, 6.45) is 0. The molecule has 0 fully saturated rings. The van der Waals surface area contributed by atoms with Crippen LogP contribution in [0, 0.1) is 6.54 Å². The van der Waals surface area contributed by atoms with Crippen LogP contribution in [0.15, 0.2) is 0 Å². The minimum absolute atomic E-state index is 0.0104. The summed E-state index contributed by atoms with van der Waals surface area (Å²) in [5.74, 6) is -0.835. The van der Waals surface area contributed by atoms with E-state index in [-0.39, 0.29) is 6.54 Å². The van der Waals surface area contributed by atoms with Crippen molar-refractivity contribution in [2.24, 2.45) is 0 Å². The summed E-state index contributed by atoms with van der Waals surface area (Å²) in [5, 5.41) is 10.5. The van der Waals surface area contributed by atoms with Gasteiger partial charge in [-0.15, -0.1) is 0 Å². The number of carboxylic acid groups (broad SMARTS) is 1. The number of hydrogen-bond acceptors (Lipinski definition) is 2. The average Bonchev–Trinajstić information content (AvgIpc) is 1.61. The van der Waals surface area contributed by atoms with Crippen LogP contribution in [0.3, 0.4) is 0 Å². The van der Waals surface area contributed by atoms with Gasteiger partial charge in [-0.05, 0) is 6.92 Å². The van der Waals surface area contributed by atoms with Gasteiger partial charge in [0.05, 0.1) is 6.54 Å². The maximum Gasteiger partial charge on any atom is 0.317 e. The molecule has 0 amide bonds. The topological polar surface area (TPSA) is 49.3 Å². The highest BCUT2D eigenvalue weighted by Crippen LogP contribution is 1.61. The Morgan fingerprint density at radius 2 is 2.57 bits per heavy atom. The van der Waals surface area contributed by atoms with Gasteiger partial charge in [-0.25, -0.2) is 0 Å². The Balaban J connectivity index is 2.82. The van der Waals surface area contributed by atoms with Crippen LogP contribution in [0.5, 0.6) is 0 Å². The Hall–Kier alpha value is -0.570. The van der Waals surface area contributed by atoms with Crippen molar-refractivity contribution in [1.29, 1.82) is 0 Å². The van der Waals surface area contributed by atoms with Crippen LogP contribution in [0.25, 0.3) is 0 Å². The maximum atomic E-state index is 9.68. The zero-order valence-corrected chi connectivity index (χ0v) is 4.14. The van der Waals surface area contributed by atoms with Gasteiger partial charge in [0.1, 0.15) is 0 Å². The van der Waals surface area contributed by atoms with E-state index in [9.17, 15) is 4.79 Å². The van der Waals surface area contributed by atoms with Crippen LogP contribution in [0.4, 0.5) is 0 Å². The van der Waals surface area contributed by atoms with Crippen molar-refractivity contribution >= 4 is 5.97 Å². The lowest BCUT2D eigenvalue weighted by Crippen LogP contribution is -2.18. The quantitative estimate of drug-likeness (QED) is 0.520. The number of hydrogen-bond donors (Lipinski definition) is 2. The Morgan fingerprint density at radius 3 is 2.71 bits per heavy atom. The van der Waals surface area contributed by atoms with Gasteiger partial charge >= 0.3 is 5.97 Å². The van der Waals surface area contributed by atoms with Crippen molar-refractivity contribution in [1.82, 2.24) is 5.32 Å². The molecule has 0 saturated heterocycles. The highest BCUT2D eigenvalue weighted by molar-refractivity contribution is 5.69. The Bertz CT molecular complexity index is 62.7. The number of carboxylic acids is 1. The first-order valence-corrected chi connectivity index (χ1v) is 2.00. The number of nitrogens with one attached hydrogen (secondary N) is 1. The molecule has 0 aliphatic carbocycles. The normalized spacial score (nSPS) is 8.71. The van der Waals surface area contributed by atoms with Crippen molar-refractivity contribution < 1.29 is 9.90 Å². The van der Waals surface area contributed by atoms with Crippen LogP contribution in [0.2, 0.25) is 0 Å². The molecule has 0 bridgehead atoms. The molecule has 2 N–H and O–H groups in total. The second-order valence-electron chi connectivity index (χ2n) is 1.06. The van der Waals surface area contributed by atoms with Gasteiger partial charge in [-0.1, -0.05) is 0 Å². The van der Waals surface area contributed by atoms with E-state index in [1.807, 2.05) is 0 Å². The van der Waals surface area contributed by atoms with E-state index in [2.05, 4.69) is 5.32 Å². The third-order valence-corrected chi connectivity index (χ3v) is 0.457. The van der Waals surface area contributed by atoms with E-state index in [4.69, 9.17) is 5.11 Å². The molecule has 0 aliphatic heterocycles. The Morgan fingerprint density at radius 1 is 2.00 bits per heavy atom. The number of carbonyl (C=O) groups is 1. The molecule has 7 heavy (non-hydrogen) atoms. The van der Waals surface area contributed by atoms with Crippen LogP contribution in [-0.4, -0.2) is 17.6 Å². The molecule has 3 heteroatoms. The monoisotopic (exact) mass is 102 g/mol. The molecule has 3 nitrogen and oxygen atoms in total. The van der Waals surface area contributed by atoms with E-state index < -0.39 is 5.97 Å². The highest BCUT2D eigenvalue weighted by Gasteiger charge is 1.89. The summed E-state index contributed by atoms with van der Waals surface area (Å²) in [6, 6.07) is 0. The molecule has 41 valence electrons. The summed E-state index contributed by atoms with van der Waals surface area (Å²) in [4.78, 5) is 9.68. The molecule has 0 saturated carbocycles. The molecule has 0 spiro atoms. The van der Waals surface area contributed by atoms with Crippen LogP contribution < -0.4 is 5.32 Å². The summed E-state index contributed by atoms with van der Waals surface area (Å²) in [7, 11) is 0. The summed E-state index contributed by atoms with van der Waals surface area (Å²) >= 11 is 0. The van der Waals surface area contributed by atoms with Crippen LogP contribution in [0.1, 0.15) is 6.92 Å². The Kier molecular flexibility index (Phi) is 3.32. The molecule has 0 unspecified atom stereocenters. The summed E-state index contributed by atoms with van der Waals surface area (Å²) < 4.78 is 0. The van der Waals surface area contributed by atoms with Crippen LogP contribution in [-0.2, 0) is 4.79 Å². The number of rotatable bonds is 3. The van der Waals surface area contributed by atoms with Gasteiger partial charge in [0.15, 0.2) is 0 Å². The Labute approximate surface area is 42.3 Å². The standard InChI is InChI=1S/C4H8NO2/c1-2-5-3-4(6)7/h2,5H,3H2,1H3,(H,6,7). The smallest absolute Gasteiger partial charge is 0.317 e. The predicted molar refractivity (Wildman–Crippen MR) is 25.6 cm³/mol. The highest BCUT2D eigenvalue weighted by atomic mass is 16.4. The lowest BCUT2D eigenvalue weighted by molar-refractivity contribution is -0.135. The second kappa shape index (κ2) is 3.61. The largest absolute Gasteiger partial charge is 0.480 e. The van der Waals surface area contributed by atoms with Crippen molar-refractivity contribution in [2.45, 2.75) is 6.92 Å². The molecule has 0 heterocycles. The minimum atomic E-state index is -0.835. The zero-order valence-electron chi connectivity index (χ0n) is 4.14. The molecular weight excluding hydrogens is 94.0 g/mol. The lowest BCUT2D eigenvalue weighted by atomic mass is 10.6. The third kappa shape index (κ3) is 5.43. The van der Waals surface area contributed by atoms with Gasteiger partial charge < -0.3 is 10.4 Å². The molecule has 0 aliphatic rings. The third-order valence-electron chi connectivity index (χ3n) is 0.457. The fraction of sp³-hybridized carbons (Fsp3) is 0.500. The minimum Gasteiger partial charge on any atom is -0.480 e. The van der Waals surface area contributed by atoms with E-state index in [1.165, 1.54) is 0 Å². The molecule has 0 rings (SSSR count). The maximum absolute atomic E-state index is 9.68. The molecule has 0 aromatic carbocycles. The number of aliphatic carboxylic acids is 1.